The lowest BCUT2D eigenvalue weighted by molar-refractivity contribution is -0.143. The van der Waals surface area contributed by atoms with Gasteiger partial charge in [-0.1, -0.05) is 44.2 Å². The Morgan fingerprint density at radius 1 is 0.914 bits per heavy atom. The lowest BCUT2D eigenvalue weighted by atomic mass is 10.0. The van der Waals surface area contributed by atoms with E-state index in [1.807, 2.05) is 30.3 Å². The first-order valence-corrected chi connectivity index (χ1v) is 11.2. The molecule has 3 rings (SSSR count). The quantitative estimate of drug-likeness (QED) is 0.401. The molecule has 0 fully saturated rings. The molecule has 1 heterocycles. The highest BCUT2D eigenvalue weighted by atomic mass is 16.5. The Bertz CT molecular complexity index is 1280. The molecule has 0 spiro atoms. The van der Waals surface area contributed by atoms with Gasteiger partial charge in [0.25, 0.3) is 5.91 Å². The maximum atomic E-state index is 12.6. The highest BCUT2D eigenvalue weighted by Crippen LogP contribution is 2.29. The van der Waals surface area contributed by atoms with E-state index < -0.39 is 41.6 Å². The van der Waals surface area contributed by atoms with Crippen LogP contribution in [0.25, 0.3) is 22.1 Å². The van der Waals surface area contributed by atoms with Gasteiger partial charge in [0.1, 0.15) is 23.4 Å². The fourth-order valence-electron chi connectivity index (χ4n) is 3.52. The third kappa shape index (κ3) is 6.26. The Labute approximate surface area is 202 Å². The molecule has 0 bridgehead atoms. The van der Waals surface area contributed by atoms with Crippen LogP contribution >= 0.6 is 0 Å². The van der Waals surface area contributed by atoms with E-state index in [0.717, 1.165) is 11.1 Å². The summed E-state index contributed by atoms with van der Waals surface area (Å²) in [5.74, 6) is -2.36. The Morgan fingerprint density at radius 3 is 2.23 bits per heavy atom. The molecule has 0 saturated heterocycles. The molecular weight excluding hydrogens is 452 g/mol. The van der Waals surface area contributed by atoms with E-state index in [1.165, 1.54) is 26.0 Å². The van der Waals surface area contributed by atoms with Gasteiger partial charge in [-0.05, 0) is 43.0 Å². The molecule has 0 saturated carbocycles. The molecule has 9 heteroatoms. The molecule has 2 amide bonds. The van der Waals surface area contributed by atoms with Gasteiger partial charge >= 0.3 is 11.6 Å². The maximum absolute atomic E-state index is 12.6. The number of aliphatic carboxylic acids is 1. The van der Waals surface area contributed by atoms with Crippen molar-refractivity contribution in [3.05, 3.63) is 65.0 Å². The minimum atomic E-state index is -1.15. The summed E-state index contributed by atoms with van der Waals surface area (Å²) in [5.41, 5.74) is 1.37. The smallest absolute Gasteiger partial charge is 0.336 e. The molecule has 35 heavy (non-hydrogen) atoms. The van der Waals surface area contributed by atoms with E-state index in [9.17, 15) is 24.3 Å². The van der Waals surface area contributed by atoms with Crippen molar-refractivity contribution in [1.29, 1.82) is 0 Å². The summed E-state index contributed by atoms with van der Waals surface area (Å²) in [4.78, 5) is 48.3. The first-order valence-electron chi connectivity index (χ1n) is 11.2. The van der Waals surface area contributed by atoms with Crippen LogP contribution in [-0.4, -0.2) is 41.1 Å². The molecular formula is C26H28N2O7. The first-order chi connectivity index (χ1) is 16.6. The van der Waals surface area contributed by atoms with Crippen LogP contribution in [0.1, 0.15) is 27.7 Å². The summed E-state index contributed by atoms with van der Waals surface area (Å²) in [5, 5.41) is 14.9. The number of hydrogen-bond acceptors (Lipinski definition) is 6. The van der Waals surface area contributed by atoms with Crippen molar-refractivity contribution in [2.75, 3.05) is 0 Å². The SMILES string of the molecule is CC(Oc1ccc2c(-c3ccccc3)cc(=O)oc2c1)C(=O)N[C@@H](C)C(=O)N[C@@H](C(=O)O)C(C)C. The summed E-state index contributed by atoms with van der Waals surface area (Å²) >= 11 is 0. The molecule has 9 nitrogen and oxygen atoms in total. The van der Waals surface area contributed by atoms with Crippen molar-refractivity contribution in [2.24, 2.45) is 5.92 Å². The number of nitrogens with one attached hydrogen (secondary N) is 2. The second kappa shape index (κ2) is 10.9. The third-order valence-corrected chi connectivity index (χ3v) is 5.47. The number of benzene rings is 2. The van der Waals surface area contributed by atoms with Gasteiger partial charge in [-0.25, -0.2) is 9.59 Å². The van der Waals surface area contributed by atoms with E-state index in [0.29, 0.717) is 16.7 Å². The monoisotopic (exact) mass is 480 g/mol. The largest absolute Gasteiger partial charge is 0.481 e. The average molecular weight is 481 g/mol. The molecule has 184 valence electrons. The summed E-state index contributed by atoms with van der Waals surface area (Å²) in [7, 11) is 0. The van der Waals surface area contributed by atoms with Crippen LogP contribution in [0.2, 0.25) is 0 Å². The third-order valence-electron chi connectivity index (χ3n) is 5.47. The van der Waals surface area contributed by atoms with Crippen LogP contribution in [-0.2, 0) is 14.4 Å². The van der Waals surface area contributed by atoms with Gasteiger partial charge in [-0.2, -0.15) is 0 Å². The first kappa shape index (κ1) is 25.5. The predicted octanol–water partition coefficient (Wildman–Crippen LogP) is 2.96. The van der Waals surface area contributed by atoms with E-state index in [1.54, 1.807) is 26.0 Å². The van der Waals surface area contributed by atoms with Crippen LogP contribution < -0.4 is 21.0 Å². The highest BCUT2D eigenvalue weighted by Gasteiger charge is 2.27. The fraction of sp³-hybridized carbons (Fsp3) is 0.308. The molecule has 3 atom stereocenters. The zero-order valence-electron chi connectivity index (χ0n) is 19.9. The van der Waals surface area contributed by atoms with Gasteiger partial charge < -0.3 is 24.9 Å². The van der Waals surface area contributed by atoms with Gasteiger partial charge in [0.2, 0.25) is 5.91 Å². The maximum Gasteiger partial charge on any atom is 0.336 e. The van der Waals surface area contributed by atoms with E-state index in [4.69, 9.17) is 9.15 Å². The van der Waals surface area contributed by atoms with Crippen molar-refractivity contribution >= 4 is 28.8 Å². The van der Waals surface area contributed by atoms with Crippen LogP contribution in [0, 0.1) is 5.92 Å². The molecule has 0 aliphatic carbocycles. The van der Waals surface area contributed by atoms with Crippen LogP contribution in [0.4, 0.5) is 0 Å². The number of rotatable bonds is 9. The number of amides is 2. The lowest BCUT2D eigenvalue weighted by Gasteiger charge is -2.22. The molecule has 0 radical (unpaired) electrons. The molecule has 0 aliphatic heterocycles. The second-order valence-corrected chi connectivity index (χ2v) is 8.56. The topological polar surface area (TPSA) is 135 Å². The second-order valence-electron chi connectivity index (χ2n) is 8.56. The van der Waals surface area contributed by atoms with Crippen LogP contribution in [0.5, 0.6) is 5.75 Å². The van der Waals surface area contributed by atoms with Gasteiger partial charge in [0, 0.05) is 17.5 Å². The zero-order valence-corrected chi connectivity index (χ0v) is 19.9. The predicted molar refractivity (Wildman–Crippen MR) is 130 cm³/mol. The highest BCUT2D eigenvalue weighted by molar-refractivity contribution is 5.94. The van der Waals surface area contributed by atoms with Crippen LogP contribution in [0.15, 0.2) is 63.8 Å². The number of ether oxygens (including phenoxy) is 1. The van der Waals surface area contributed by atoms with E-state index >= 15 is 0 Å². The lowest BCUT2D eigenvalue weighted by Crippen LogP contribution is -2.53. The normalized spacial score (nSPS) is 13.6. The van der Waals surface area contributed by atoms with Crippen molar-refractivity contribution in [1.82, 2.24) is 10.6 Å². The molecule has 1 unspecified atom stereocenters. The molecule has 2 aromatic carbocycles. The average Bonchev–Trinajstić information content (AvgIpc) is 2.81. The standard InChI is InChI=1S/C26H28N2O7/c1-14(2)23(26(32)33)28-24(30)15(3)27-25(31)16(4)34-18-10-11-19-20(17-8-6-5-7-9-17)13-22(29)35-21(19)12-18/h5-16,23H,1-4H3,(H,27,31)(H,28,30)(H,32,33)/t15-,16?,23+/m0/s1. The Balaban J connectivity index is 1.71. The number of hydrogen-bond donors (Lipinski definition) is 3. The summed E-state index contributed by atoms with van der Waals surface area (Å²) < 4.78 is 11.0. The summed E-state index contributed by atoms with van der Waals surface area (Å²) in [6.07, 6.45) is -0.980. The van der Waals surface area contributed by atoms with Crippen molar-refractivity contribution in [3.8, 4) is 16.9 Å². The molecule has 1 aromatic heterocycles. The van der Waals surface area contributed by atoms with Crippen molar-refractivity contribution in [3.63, 3.8) is 0 Å². The van der Waals surface area contributed by atoms with E-state index in [-0.39, 0.29) is 5.92 Å². The summed E-state index contributed by atoms with van der Waals surface area (Å²) in [6, 6.07) is 13.7. The van der Waals surface area contributed by atoms with Crippen molar-refractivity contribution in [2.45, 2.75) is 45.9 Å². The van der Waals surface area contributed by atoms with Gasteiger partial charge in [-0.15, -0.1) is 0 Å². The number of carboxylic acid groups (broad SMARTS) is 1. The number of carbonyl (C=O) groups is 3. The molecule has 0 aliphatic rings. The van der Waals surface area contributed by atoms with Gasteiger partial charge in [-0.3, -0.25) is 9.59 Å². The minimum absolute atomic E-state index is 0.302. The zero-order chi connectivity index (χ0) is 25.7. The van der Waals surface area contributed by atoms with E-state index in [2.05, 4.69) is 10.6 Å². The Morgan fingerprint density at radius 2 is 1.60 bits per heavy atom. The molecule has 3 aromatic rings. The van der Waals surface area contributed by atoms with Gasteiger partial charge in [0.05, 0.1) is 0 Å². The van der Waals surface area contributed by atoms with Gasteiger partial charge in [0.15, 0.2) is 6.10 Å². The van der Waals surface area contributed by atoms with Crippen LogP contribution in [0.3, 0.4) is 0 Å². The molecule has 3 N–H and O–H groups in total. The number of carbonyl (C=O) groups excluding carboxylic acids is 2. The Hall–Kier alpha value is -4.14. The number of fused-ring (bicyclic) bond motifs is 1. The minimum Gasteiger partial charge on any atom is -0.481 e. The number of carboxylic acids is 1. The Kier molecular flexibility index (Phi) is 7.91. The summed E-state index contributed by atoms with van der Waals surface area (Å²) in [6.45, 7) is 6.31. The fourth-order valence-corrected chi connectivity index (χ4v) is 3.52. The van der Waals surface area contributed by atoms with Crippen molar-refractivity contribution < 1.29 is 28.6 Å².